The van der Waals surface area contributed by atoms with E-state index in [1.807, 2.05) is 32.9 Å². The van der Waals surface area contributed by atoms with Crippen LogP contribution >= 0.6 is 0 Å². The highest BCUT2D eigenvalue weighted by molar-refractivity contribution is 5.99. The number of fused-ring (bicyclic) bond motifs is 2. The summed E-state index contributed by atoms with van der Waals surface area (Å²) in [5, 5.41) is 3.05. The molecule has 8 nitrogen and oxygen atoms in total. The number of H-pyrrole nitrogens is 1. The standard InChI is InChI=1S/C35H44N4O4/c1-5-39(28-10-12-42-13-11-28)33-16-27(26-8-6-25(7-9-26)19-38-20-30-17-29(38)21-43-30)15-31(24(33)4)34(40)36-18-32-22(2)14-23(3)37-35(32)41/h6-9,14-16,28-30H,5,10-13,17-21H2,1-4H3,(H,36,40)(H,37,41)/t29-,30-/m1/s1. The van der Waals surface area contributed by atoms with Crippen LogP contribution in [0.15, 0.2) is 47.3 Å². The lowest BCUT2D eigenvalue weighted by Gasteiger charge is -2.37. The quantitative estimate of drug-likeness (QED) is 0.373. The van der Waals surface area contributed by atoms with E-state index in [4.69, 9.17) is 9.47 Å². The van der Waals surface area contributed by atoms with Crippen LogP contribution in [0.25, 0.3) is 11.1 Å². The summed E-state index contributed by atoms with van der Waals surface area (Å²) >= 11 is 0. The van der Waals surface area contributed by atoms with Gasteiger partial charge in [-0.15, -0.1) is 0 Å². The average Bonchev–Trinajstić information content (AvgIpc) is 3.62. The largest absolute Gasteiger partial charge is 0.381 e. The monoisotopic (exact) mass is 584 g/mol. The molecule has 0 aliphatic carbocycles. The van der Waals surface area contributed by atoms with E-state index in [9.17, 15) is 9.59 Å². The number of rotatable bonds is 9. The first-order valence-corrected chi connectivity index (χ1v) is 15.7. The number of carbonyl (C=O) groups is 1. The second-order valence-corrected chi connectivity index (χ2v) is 12.4. The van der Waals surface area contributed by atoms with Gasteiger partial charge in [-0.2, -0.15) is 0 Å². The number of hydrogen-bond donors (Lipinski definition) is 2. The second-order valence-electron chi connectivity index (χ2n) is 12.4. The summed E-state index contributed by atoms with van der Waals surface area (Å²) < 4.78 is 11.4. The minimum absolute atomic E-state index is 0.157. The van der Waals surface area contributed by atoms with Crippen molar-refractivity contribution in [2.24, 2.45) is 0 Å². The topological polar surface area (TPSA) is 86.9 Å². The lowest BCUT2D eigenvalue weighted by Crippen LogP contribution is -2.40. The highest BCUT2D eigenvalue weighted by atomic mass is 16.5. The molecule has 1 aromatic heterocycles. The van der Waals surface area contributed by atoms with Gasteiger partial charge in [0, 0.05) is 74.0 Å². The van der Waals surface area contributed by atoms with Crippen molar-refractivity contribution in [2.45, 2.75) is 78.2 Å². The van der Waals surface area contributed by atoms with E-state index >= 15 is 0 Å². The van der Waals surface area contributed by atoms with Gasteiger partial charge in [-0.1, -0.05) is 24.3 Å². The molecule has 2 N–H and O–H groups in total. The summed E-state index contributed by atoms with van der Waals surface area (Å²) in [6.45, 7) is 13.3. The minimum atomic E-state index is -0.175. The van der Waals surface area contributed by atoms with E-state index in [1.165, 1.54) is 5.56 Å². The van der Waals surface area contributed by atoms with Gasteiger partial charge in [0.05, 0.1) is 12.7 Å². The lowest BCUT2D eigenvalue weighted by atomic mass is 9.94. The van der Waals surface area contributed by atoms with Crippen molar-refractivity contribution in [2.75, 3.05) is 37.8 Å². The van der Waals surface area contributed by atoms with E-state index in [2.05, 4.69) is 57.4 Å². The predicted molar refractivity (Wildman–Crippen MR) is 170 cm³/mol. The summed E-state index contributed by atoms with van der Waals surface area (Å²) in [5.74, 6) is -0.175. The molecule has 228 valence electrons. The van der Waals surface area contributed by atoms with E-state index in [0.717, 1.165) is 92.4 Å². The molecule has 0 spiro atoms. The summed E-state index contributed by atoms with van der Waals surface area (Å²) in [4.78, 5) is 34.2. The number of nitrogens with one attached hydrogen (secondary N) is 2. The Kier molecular flexibility index (Phi) is 8.71. The van der Waals surface area contributed by atoms with Gasteiger partial charge in [-0.25, -0.2) is 0 Å². The normalized spacial score (nSPS) is 20.5. The number of morpholine rings is 1. The molecular weight excluding hydrogens is 540 g/mol. The van der Waals surface area contributed by atoms with Crippen molar-refractivity contribution in [3.05, 3.63) is 86.3 Å². The van der Waals surface area contributed by atoms with E-state index in [-0.39, 0.29) is 18.0 Å². The molecule has 3 aromatic rings. The van der Waals surface area contributed by atoms with Crippen molar-refractivity contribution in [1.82, 2.24) is 15.2 Å². The summed E-state index contributed by atoms with van der Waals surface area (Å²) in [5.41, 5.74) is 8.17. The smallest absolute Gasteiger partial charge is 0.253 e. The third kappa shape index (κ3) is 6.28. The maximum atomic E-state index is 13.8. The Hall–Kier alpha value is -3.46. The Morgan fingerprint density at radius 2 is 1.84 bits per heavy atom. The third-order valence-electron chi connectivity index (χ3n) is 9.51. The van der Waals surface area contributed by atoms with Gasteiger partial charge < -0.3 is 24.7 Å². The molecule has 3 aliphatic heterocycles. The molecule has 6 rings (SSSR count). The van der Waals surface area contributed by atoms with Crippen molar-refractivity contribution in [1.29, 1.82) is 0 Å². The van der Waals surface area contributed by atoms with Gasteiger partial charge in [-0.3, -0.25) is 14.5 Å². The predicted octanol–water partition coefficient (Wildman–Crippen LogP) is 4.88. The maximum absolute atomic E-state index is 13.8. The van der Waals surface area contributed by atoms with Crippen molar-refractivity contribution < 1.29 is 14.3 Å². The fourth-order valence-electron chi connectivity index (χ4n) is 7.10. The zero-order chi connectivity index (χ0) is 30.1. The molecule has 1 amide bonds. The number of likely N-dealkylation sites (tertiary alicyclic amines) is 1. The average molecular weight is 585 g/mol. The fraction of sp³-hybridized carbons (Fsp3) is 0.486. The van der Waals surface area contributed by atoms with Crippen molar-refractivity contribution in [3.63, 3.8) is 0 Å². The van der Waals surface area contributed by atoms with Crippen LogP contribution in [0.1, 0.15) is 64.5 Å². The van der Waals surface area contributed by atoms with Gasteiger partial charge in [0.2, 0.25) is 0 Å². The number of carbonyl (C=O) groups excluding carboxylic acids is 1. The summed E-state index contributed by atoms with van der Waals surface area (Å²) in [6.07, 6.45) is 3.47. The first kappa shape index (κ1) is 29.6. The summed E-state index contributed by atoms with van der Waals surface area (Å²) in [6, 6.07) is 15.9. The first-order valence-electron chi connectivity index (χ1n) is 15.7. The highest BCUT2D eigenvalue weighted by Gasteiger charge is 2.38. The maximum Gasteiger partial charge on any atom is 0.253 e. The van der Waals surface area contributed by atoms with Crippen molar-refractivity contribution >= 4 is 11.6 Å². The van der Waals surface area contributed by atoms with Crippen LogP contribution in [-0.2, 0) is 22.6 Å². The molecule has 2 bridgehead atoms. The molecule has 3 fully saturated rings. The number of anilines is 1. The number of hydrogen-bond acceptors (Lipinski definition) is 6. The van der Waals surface area contributed by atoms with E-state index in [1.54, 1.807) is 0 Å². The molecule has 4 heterocycles. The molecule has 43 heavy (non-hydrogen) atoms. The van der Waals surface area contributed by atoms with Crippen molar-refractivity contribution in [3.8, 4) is 11.1 Å². The van der Waals surface area contributed by atoms with Gasteiger partial charge in [-0.05, 0) is 93.0 Å². The zero-order valence-corrected chi connectivity index (χ0v) is 25.9. The minimum Gasteiger partial charge on any atom is -0.381 e. The molecule has 3 saturated heterocycles. The Balaban J connectivity index is 1.30. The Morgan fingerprint density at radius 3 is 2.49 bits per heavy atom. The number of pyridine rings is 1. The molecule has 0 saturated carbocycles. The van der Waals surface area contributed by atoms with Crippen LogP contribution in [0, 0.1) is 20.8 Å². The molecule has 2 atom stereocenters. The number of ether oxygens (including phenoxy) is 2. The van der Waals surface area contributed by atoms with Gasteiger partial charge in [0.25, 0.3) is 11.5 Å². The van der Waals surface area contributed by atoms with Crippen LogP contribution in [0.4, 0.5) is 5.69 Å². The van der Waals surface area contributed by atoms with E-state index < -0.39 is 0 Å². The number of aromatic amines is 1. The highest BCUT2D eigenvalue weighted by Crippen LogP contribution is 2.35. The van der Waals surface area contributed by atoms with E-state index in [0.29, 0.717) is 29.3 Å². The van der Waals surface area contributed by atoms with Gasteiger partial charge in [0.1, 0.15) is 0 Å². The van der Waals surface area contributed by atoms with Gasteiger partial charge >= 0.3 is 0 Å². The van der Waals surface area contributed by atoms with Crippen LogP contribution in [0.3, 0.4) is 0 Å². The Bertz CT molecular complexity index is 1530. The number of amides is 1. The second kappa shape index (κ2) is 12.6. The number of nitrogens with zero attached hydrogens (tertiary/aromatic N) is 2. The molecule has 0 unspecified atom stereocenters. The fourth-order valence-corrected chi connectivity index (χ4v) is 7.10. The van der Waals surface area contributed by atoms with Crippen LogP contribution in [0.2, 0.25) is 0 Å². The Morgan fingerprint density at radius 1 is 1.07 bits per heavy atom. The third-order valence-corrected chi connectivity index (χ3v) is 9.51. The first-order chi connectivity index (χ1) is 20.8. The zero-order valence-electron chi connectivity index (χ0n) is 25.9. The molecule has 2 aromatic carbocycles. The molecule has 3 aliphatic rings. The van der Waals surface area contributed by atoms with Crippen LogP contribution in [0.5, 0.6) is 0 Å². The number of aromatic nitrogens is 1. The molecular formula is C35H44N4O4. The lowest BCUT2D eigenvalue weighted by molar-refractivity contribution is 0.0273. The summed E-state index contributed by atoms with van der Waals surface area (Å²) in [7, 11) is 0. The SMILES string of the molecule is CCN(c1cc(-c2ccc(CN3C[C@H]4C[C@@H]3CO4)cc2)cc(C(=O)NCc2c(C)cc(C)[nH]c2=O)c1C)C1CCOCC1. The molecule has 8 heteroatoms. The van der Waals surface area contributed by atoms with Crippen LogP contribution < -0.4 is 15.8 Å². The number of aryl methyl sites for hydroxylation is 2. The van der Waals surface area contributed by atoms with Crippen LogP contribution in [-0.4, -0.2) is 66.9 Å². The number of benzene rings is 2. The Labute approximate surface area is 254 Å². The molecule has 0 radical (unpaired) electrons. The van der Waals surface area contributed by atoms with Gasteiger partial charge in [0.15, 0.2) is 0 Å².